The van der Waals surface area contributed by atoms with Gasteiger partial charge in [0.1, 0.15) is 17.5 Å². The number of rotatable bonds is 2. The molecule has 0 spiro atoms. The molecular formula is C16H15N3O. The number of anilines is 1. The SMILES string of the molecule is Cc1cc(C)c(NC(=O)c2cccc(C#N)n2)c(C)c1. The van der Waals surface area contributed by atoms with E-state index in [4.69, 9.17) is 5.26 Å². The Bertz CT molecular complexity index is 691. The Kier molecular flexibility index (Phi) is 3.81. The number of hydrogen-bond donors (Lipinski definition) is 1. The molecule has 1 aromatic heterocycles. The van der Waals surface area contributed by atoms with Gasteiger partial charge in [-0.05, 0) is 44.0 Å². The predicted octanol–water partition coefficient (Wildman–Crippen LogP) is 3.13. The second kappa shape index (κ2) is 5.54. The molecule has 0 bridgehead atoms. The van der Waals surface area contributed by atoms with Gasteiger partial charge in [0.2, 0.25) is 0 Å². The van der Waals surface area contributed by atoms with Crippen LogP contribution in [0.1, 0.15) is 32.9 Å². The molecule has 4 heteroatoms. The number of nitriles is 1. The van der Waals surface area contributed by atoms with E-state index in [0.29, 0.717) is 0 Å². The summed E-state index contributed by atoms with van der Waals surface area (Å²) in [5.74, 6) is -0.308. The monoisotopic (exact) mass is 265 g/mol. The molecule has 0 radical (unpaired) electrons. The van der Waals surface area contributed by atoms with Crippen molar-refractivity contribution in [2.45, 2.75) is 20.8 Å². The van der Waals surface area contributed by atoms with E-state index in [1.807, 2.05) is 39.0 Å². The van der Waals surface area contributed by atoms with Gasteiger partial charge in [-0.25, -0.2) is 4.98 Å². The lowest BCUT2D eigenvalue weighted by atomic mass is 10.0. The molecule has 1 N–H and O–H groups in total. The number of amides is 1. The van der Waals surface area contributed by atoms with E-state index in [1.54, 1.807) is 18.2 Å². The van der Waals surface area contributed by atoms with Gasteiger partial charge >= 0.3 is 0 Å². The first-order valence-corrected chi connectivity index (χ1v) is 6.27. The summed E-state index contributed by atoms with van der Waals surface area (Å²) < 4.78 is 0. The predicted molar refractivity (Wildman–Crippen MR) is 77.6 cm³/mol. The fourth-order valence-corrected chi connectivity index (χ4v) is 2.18. The first-order valence-electron chi connectivity index (χ1n) is 6.27. The average Bonchev–Trinajstić information content (AvgIpc) is 2.42. The van der Waals surface area contributed by atoms with Crippen molar-refractivity contribution in [2.24, 2.45) is 0 Å². The minimum absolute atomic E-state index is 0.231. The van der Waals surface area contributed by atoms with Crippen LogP contribution in [0.25, 0.3) is 0 Å². The molecule has 0 saturated heterocycles. The highest BCUT2D eigenvalue weighted by Gasteiger charge is 2.11. The van der Waals surface area contributed by atoms with Gasteiger partial charge in [0.25, 0.3) is 5.91 Å². The first kappa shape index (κ1) is 13.8. The molecule has 4 nitrogen and oxygen atoms in total. The summed E-state index contributed by atoms with van der Waals surface area (Å²) in [6, 6.07) is 10.8. The van der Waals surface area contributed by atoms with E-state index in [0.717, 1.165) is 22.4 Å². The molecular weight excluding hydrogens is 250 g/mol. The lowest BCUT2D eigenvalue weighted by Gasteiger charge is -2.12. The zero-order valence-corrected chi connectivity index (χ0v) is 11.7. The number of aromatic nitrogens is 1. The van der Waals surface area contributed by atoms with Crippen LogP contribution < -0.4 is 5.32 Å². The van der Waals surface area contributed by atoms with E-state index >= 15 is 0 Å². The molecule has 1 aromatic carbocycles. The molecule has 0 aliphatic carbocycles. The highest BCUT2D eigenvalue weighted by Crippen LogP contribution is 2.22. The van der Waals surface area contributed by atoms with Crippen molar-refractivity contribution in [2.75, 3.05) is 5.32 Å². The molecule has 0 atom stereocenters. The number of nitrogens with one attached hydrogen (secondary N) is 1. The largest absolute Gasteiger partial charge is 0.320 e. The first-order chi connectivity index (χ1) is 9.51. The topological polar surface area (TPSA) is 65.8 Å². The molecule has 0 saturated carbocycles. The zero-order valence-electron chi connectivity index (χ0n) is 11.7. The summed E-state index contributed by atoms with van der Waals surface area (Å²) in [5.41, 5.74) is 4.44. The second-order valence-corrected chi connectivity index (χ2v) is 4.75. The molecule has 100 valence electrons. The average molecular weight is 265 g/mol. The van der Waals surface area contributed by atoms with E-state index in [2.05, 4.69) is 10.3 Å². The summed E-state index contributed by atoms with van der Waals surface area (Å²) in [6.07, 6.45) is 0. The number of carbonyl (C=O) groups is 1. The third-order valence-electron chi connectivity index (χ3n) is 3.01. The Morgan fingerprint density at radius 2 is 1.85 bits per heavy atom. The molecule has 0 aliphatic rings. The maximum Gasteiger partial charge on any atom is 0.274 e. The number of aryl methyl sites for hydroxylation is 3. The second-order valence-electron chi connectivity index (χ2n) is 4.75. The molecule has 20 heavy (non-hydrogen) atoms. The van der Waals surface area contributed by atoms with Gasteiger partial charge < -0.3 is 5.32 Å². The van der Waals surface area contributed by atoms with Gasteiger partial charge in [-0.3, -0.25) is 4.79 Å². The van der Waals surface area contributed by atoms with Crippen molar-refractivity contribution >= 4 is 11.6 Å². The van der Waals surface area contributed by atoms with Crippen molar-refractivity contribution < 1.29 is 4.79 Å². The van der Waals surface area contributed by atoms with Crippen LogP contribution in [0.5, 0.6) is 0 Å². The molecule has 2 aromatic rings. The third-order valence-corrected chi connectivity index (χ3v) is 3.01. The number of carbonyl (C=O) groups excluding carboxylic acids is 1. The van der Waals surface area contributed by atoms with Gasteiger partial charge in [0.15, 0.2) is 0 Å². The summed E-state index contributed by atoms with van der Waals surface area (Å²) in [7, 11) is 0. The lowest BCUT2D eigenvalue weighted by molar-refractivity contribution is 0.102. The molecule has 1 amide bonds. The van der Waals surface area contributed by atoms with Gasteiger partial charge in [-0.15, -0.1) is 0 Å². The van der Waals surface area contributed by atoms with E-state index in [1.165, 1.54) is 0 Å². The van der Waals surface area contributed by atoms with Gasteiger partial charge in [0.05, 0.1) is 0 Å². The quantitative estimate of drug-likeness (QED) is 0.907. The normalized spacial score (nSPS) is 9.90. The Morgan fingerprint density at radius 1 is 1.20 bits per heavy atom. The molecule has 0 aliphatic heterocycles. The Hall–Kier alpha value is -2.67. The van der Waals surface area contributed by atoms with Crippen molar-refractivity contribution in [3.8, 4) is 6.07 Å². The number of hydrogen-bond acceptors (Lipinski definition) is 3. The zero-order chi connectivity index (χ0) is 14.7. The lowest BCUT2D eigenvalue weighted by Crippen LogP contribution is -2.15. The van der Waals surface area contributed by atoms with Crippen LogP contribution in [0.3, 0.4) is 0 Å². The maximum atomic E-state index is 12.2. The van der Waals surface area contributed by atoms with Crippen molar-refractivity contribution in [3.63, 3.8) is 0 Å². The van der Waals surface area contributed by atoms with Crippen LogP contribution in [0, 0.1) is 32.1 Å². The molecule has 2 rings (SSSR count). The molecule has 0 unspecified atom stereocenters. The van der Waals surface area contributed by atoms with Gasteiger partial charge in [-0.2, -0.15) is 5.26 Å². The van der Waals surface area contributed by atoms with Crippen LogP contribution in [-0.2, 0) is 0 Å². The summed E-state index contributed by atoms with van der Waals surface area (Å²) >= 11 is 0. The minimum Gasteiger partial charge on any atom is -0.320 e. The van der Waals surface area contributed by atoms with Gasteiger partial charge in [0, 0.05) is 5.69 Å². The van der Waals surface area contributed by atoms with E-state index < -0.39 is 0 Å². The number of benzene rings is 1. The van der Waals surface area contributed by atoms with Crippen LogP contribution in [0.2, 0.25) is 0 Å². The molecule has 1 heterocycles. The highest BCUT2D eigenvalue weighted by atomic mass is 16.1. The van der Waals surface area contributed by atoms with E-state index in [9.17, 15) is 4.79 Å². The fraction of sp³-hybridized carbons (Fsp3) is 0.188. The summed E-state index contributed by atoms with van der Waals surface area (Å²) in [4.78, 5) is 16.2. The number of nitrogens with zero attached hydrogens (tertiary/aromatic N) is 2. The van der Waals surface area contributed by atoms with Crippen molar-refractivity contribution in [3.05, 3.63) is 58.4 Å². The smallest absolute Gasteiger partial charge is 0.274 e. The van der Waals surface area contributed by atoms with Gasteiger partial charge in [-0.1, -0.05) is 23.8 Å². The summed E-state index contributed by atoms with van der Waals surface area (Å²) in [5, 5.41) is 11.7. The summed E-state index contributed by atoms with van der Waals surface area (Å²) in [6.45, 7) is 5.92. The number of pyridine rings is 1. The fourth-order valence-electron chi connectivity index (χ4n) is 2.18. The molecule has 0 fully saturated rings. The maximum absolute atomic E-state index is 12.2. The standard InChI is InChI=1S/C16H15N3O/c1-10-7-11(2)15(12(3)8-10)19-16(20)14-6-4-5-13(9-17)18-14/h4-8H,1-3H3,(H,19,20). The highest BCUT2D eigenvalue weighted by molar-refractivity contribution is 6.03. The van der Waals surface area contributed by atoms with Crippen LogP contribution in [-0.4, -0.2) is 10.9 Å². The van der Waals surface area contributed by atoms with Crippen LogP contribution >= 0.6 is 0 Å². The third kappa shape index (κ3) is 2.83. The Labute approximate surface area is 118 Å². The Morgan fingerprint density at radius 3 is 2.45 bits per heavy atom. The van der Waals surface area contributed by atoms with Crippen molar-refractivity contribution in [1.29, 1.82) is 5.26 Å². The van der Waals surface area contributed by atoms with Crippen LogP contribution in [0.4, 0.5) is 5.69 Å². The van der Waals surface area contributed by atoms with E-state index in [-0.39, 0.29) is 17.3 Å². The Balaban J connectivity index is 2.31. The van der Waals surface area contributed by atoms with Crippen LogP contribution in [0.15, 0.2) is 30.3 Å². The van der Waals surface area contributed by atoms with Crippen molar-refractivity contribution in [1.82, 2.24) is 4.98 Å². The minimum atomic E-state index is -0.308.